The van der Waals surface area contributed by atoms with Crippen molar-refractivity contribution in [2.24, 2.45) is 5.92 Å². The molecule has 3 fully saturated rings. The van der Waals surface area contributed by atoms with Crippen LogP contribution in [0.1, 0.15) is 49.1 Å². The summed E-state index contributed by atoms with van der Waals surface area (Å²) in [5.74, 6) is -0.172. The molecule has 1 aromatic carbocycles. The molecule has 3 aliphatic rings. The number of carbonyl (C=O) groups excluding carboxylic acids is 2. The lowest BCUT2D eigenvalue weighted by Gasteiger charge is -2.42. The van der Waals surface area contributed by atoms with Crippen molar-refractivity contribution in [3.8, 4) is 0 Å². The van der Waals surface area contributed by atoms with Gasteiger partial charge in [0.25, 0.3) is 0 Å². The van der Waals surface area contributed by atoms with Gasteiger partial charge in [-0.3, -0.25) is 4.79 Å². The smallest absolute Gasteiger partial charge is 0.407 e. The summed E-state index contributed by atoms with van der Waals surface area (Å²) in [5.41, 5.74) is -0.375. The van der Waals surface area contributed by atoms with Crippen LogP contribution in [0.4, 0.5) is 18.0 Å². The number of alkyl halides is 3. The van der Waals surface area contributed by atoms with E-state index in [2.05, 4.69) is 5.32 Å². The number of amides is 2. The number of alkyl carbamates (subject to hydrolysis) is 1. The zero-order chi connectivity index (χ0) is 20.8. The molecule has 5 nitrogen and oxygen atoms in total. The topological polar surface area (TPSA) is 58.6 Å². The quantitative estimate of drug-likeness (QED) is 0.823. The average Bonchev–Trinajstić information content (AvgIpc) is 3.45. The summed E-state index contributed by atoms with van der Waals surface area (Å²) in [6, 6.07) is 6.96. The molecule has 1 atom stereocenters. The lowest BCUT2D eigenvalue weighted by Crippen LogP contribution is -2.48. The minimum atomic E-state index is -4.21. The Kier molecular flexibility index (Phi) is 4.99. The number of nitrogens with one attached hydrogen (secondary N) is 1. The Morgan fingerprint density at radius 2 is 2.00 bits per heavy atom. The number of carbonyl (C=O) groups is 2. The molecule has 29 heavy (non-hydrogen) atoms. The third-order valence-corrected chi connectivity index (χ3v) is 6.75. The fraction of sp³-hybridized carbons (Fsp3) is 0.619. The Labute approximate surface area is 167 Å². The van der Waals surface area contributed by atoms with E-state index < -0.39 is 17.7 Å². The molecule has 1 N–H and O–H groups in total. The van der Waals surface area contributed by atoms with Crippen LogP contribution in [-0.4, -0.2) is 49.3 Å². The highest BCUT2D eigenvalue weighted by molar-refractivity contribution is 5.80. The normalized spacial score (nSPS) is 28.4. The van der Waals surface area contributed by atoms with Crippen molar-refractivity contribution in [3.05, 3.63) is 35.4 Å². The second kappa shape index (κ2) is 7.22. The largest absolute Gasteiger partial charge is 0.450 e. The molecule has 2 amide bonds. The first-order valence-electron chi connectivity index (χ1n) is 10.1. The zero-order valence-corrected chi connectivity index (χ0v) is 16.3. The summed E-state index contributed by atoms with van der Waals surface area (Å²) in [5, 5.41) is 2.58. The molecule has 1 saturated heterocycles. The van der Waals surface area contributed by atoms with Gasteiger partial charge in [-0.15, -0.1) is 0 Å². The van der Waals surface area contributed by atoms with E-state index in [1.165, 1.54) is 0 Å². The first kappa shape index (κ1) is 20.0. The number of halogens is 3. The van der Waals surface area contributed by atoms with Crippen molar-refractivity contribution in [2.45, 2.75) is 55.7 Å². The highest BCUT2D eigenvalue weighted by atomic mass is 19.4. The number of hydrogen-bond acceptors (Lipinski definition) is 3. The van der Waals surface area contributed by atoms with E-state index in [4.69, 9.17) is 4.74 Å². The second-order valence-corrected chi connectivity index (χ2v) is 8.48. The van der Waals surface area contributed by atoms with Crippen LogP contribution in [0.2, 0.25) is 0 Å². The standard InChI is InChI=1S/C21H25F3N2O3/c1-26(18(27)14-5-8-29-19(28)25-12-14)17-10-15(11-17)13-3-2-4-16(9-13)20(6-7-20)21(22,23)24/h2-4,9,14-15,17H,5-8,10-12H2,1H3,(H,25,28)/t14-,15-,17+/m1/s1. The molecule has 0 radical (unpaired) electrons. The molecular weight excluding hydrogens is 385 g/mol. The summed E-state index contributed by atoms with van der Waals surface area (Å²) >= 11 is 0. The van der Waals surface area contributed by atoms with Gasteiger partial charge in [0.05, 0.1) is 17.9 Å². The summed E-state index contributed by atoms with van der Waals surface area (Å²) < 4.78 is 45.2. The molecule has 0 aromatic heterocycles. The van der Waals surface area contributed by atoms with Gasteiger partial charge in [0.2, 0.25) is 5.91 Å². The van der Waals surface area contributed by atoms with Crippen molar-refractivity contribution in [2.75, 3.05) is 20.2 Å². The first-order chi connectivity index (χ1) is 13.7. The average molecular weight is 410 g/mol. The van der Waals surface area contributed by atoms with Crippen molar-refractivity contribution in [1.82, 2.24) is 10.2 Å². The highest BCUT2D eigenvalue weighted by Crippen LogP contribution is 2.59. The van der Waals surface area contributed by atoms with Crippen LogP contribution in [0.3, 0.4) is 0 Å². The molecule has 1 aromatic rings. The van der Waals surface area contributed by atoms with Crippen LogP contribution in [0, 0.1) is 5.92 Å². The van der Waals surface area contributed by atoms with Gasteiger partial charge in [0, 0.05) is 19.6 Å². The highest BCUT2D eigenvalue weighted by Gasteiger charge is 2.64. The Bertz CT molecular complexity index is 801. The number of benzene rings is 1. The SMILES string of the molecule is CN(C(=O)[C@@H]1CCOC(=O)NC1)[C@H]1C[C@@H](c2cccc(C3(C(F)(F)F)CC3)c2)C1. The van der Waals surface area contributed by atoms with Crippen molar-refractivity contribution in [1.29, 1.82) is 0 Å². The van der Waals surface area contributed by atoms with E-state index in [9.17, 15) is 22.8 Å². The predicted molar refractivity (Wildman–Crippen MR) is 99.4 cm³/mol. The molecule has 1 aliphatic heterocycles. The van der Waals surface area contributed by atoms with E-state index in [-0.39, 0.29) is 49.8 Å². The lowest BCUT2D eigenvalue weighted by molar-refractivity contribution is -0.160. The summed E-state index contributed by atoms with van der Waals surface area (Å²) in [6.07, 6.45) is -2.43. The van der Waals surface area contributed by atoms with Gasteiger partial charge in [0.1, 0.15) is 0 Å². The van der Waals surface area contributed by atoms with Crippen molar-refractivity contribution < 1.29 is 27.5 Å². The van der Waals surface area contributed by atoms with Crippen molar-refractivity contribution >= 4 is 12.0 Å². The molecule has 1 heterocycles. The van der Waals surface area contributed by atoms with Gasteiger partial charge in [-0.05, 0) is 49.1 Å². The van der Waals surface area contributed by atoms with Gasteiger partial charge in [-0.2, -0.15) is 13.2 Å². The van der Waals surface area contributed by atoms with E-state index in [0.717, 1.165) is 18.4 Å². The molecule has 2 aliphatic carbocycles. The van der Waals surface area contributed by atoms with Gasteiger partial charge >= 0.3 is 12.3 Å². The number of rotatable bonds is 4. The van der Waals surface area contributed by atoms with Crippen LogP contribution < -0.4 is 5.32 Å². The maximum atomic E-state index is 13.4. The second-order valence-electron chi connectivity index (χ2n) is 8.48. The van der Waals surface area contributed by atoms with E-state index >= 15 is 0 Å². The zero-order valence-electron chi connectivity index (χ0n) is 16.3. The van der Waals surface area contributed by atoms with E-state index in [0.29, 0.717) is 12.0 Å². The van der Waals surface area contributed by atoms with Crippen LogP contribution >= 0.6 is 0 Å². The fourth-order valence-corrected chi connectivity index (χ4v) is 4.46. The van der Waals surface area contributed by atoms with Crippen LogP contribution in [-0.2, 0) is 14.9 Å². The Hall–Kier alpha value is -2.25. The molecule has 0 unspecified atom stereocenters. The Morgan fingerprint density at radius 1 is 1.28 bits per heavy atom. The van der Waals surface area contributed by atoms with Crippen LogP contribution in [0.25, 0.3) is 0 Å². The fourth-order valence-electron chi connectivity index (χ4n) is 4.46. The van der Waals surface area contributed by atoms with Gasteiger partial charge in [0.15, 0.2) is 0 Å². The van der Waals surface area contributed by atoms with Gasteiger partial charge < -0.3 is 15.0 Å². The number of ether oxygens (including phenoxy) is 1. The maximum Gasteiger partial charge on any atom is 0.407 e. The Morgan fingerprint density at radius 3 is 2.66 bits per heavy atom. The minimum absolute atomic E-state index is 0.0259. The third-order valence-electron chi connectivity index (χ3n) is 6.75. The number of nitrogens with zero attached hydrogens (tertiary/aromatic N) is 1. The van der Waals surface area contributed by atoms with Gasteiger partial charge in [-0.25, -0.2) is 4.79 Å². The molecule has 0 spiro atoms. The first-order valence-corrected chi connectivity index (χ1v) is 10.1. The summed E-state index contributed by atoms with van der Waals surface area (Å²) in [6.45, 7) is 0.483. The lowest BCUT2D eigenvalue weighted by atomic mass is 9.74. The summed E-state index contributed by atoms with van der Waals surface area (Å²) in [4.78, 5) is 25.7. The number of cyclic esters (lactones) is 1. The molecule has 158 valence electrons. The molecule has 8 heteroatoms. The minimum Gasteiger partial charge on any atom is -0.450 e. The monoisotopic (exact) mass is 410 g/mol. The van der Waals surface area contributed by atoms with Crippen LogP contribution in [0.15, 0.2) is 24.3 Å². The van der Waals surface area contributed by atoms with Gasteiger partial charge in [-0.1, -0.05) is 24.3 Å². The maximum absolute atomic E-state index is 13.4. The van der Waals surface area contributed by atoms with E-state index in [1.807, 2.05) is 6.07 Å². The third kappa shape index (κ3) is 3.69. The Balaban J connectivity index is 1.37. The number of hydrogen-bond donors (Lipinski definition) is 1. The predicted octanol–water partition coefficient (Wildman–Crippen LogP) is 3.73. The molecule has 4 rings (SSSR count). The molecular formula is C21H25F3N2O3. The van der Waals surface area contributed by atoms with Crippen LogP contribution in [0.5, 0.6) is 0 Å². The van der Waals surface area contributed by atoms with E-state index in [1.54, 1.807) is 30.1 Å². The molecule has 0 bridgehead atoms. The molecule has 2 saturated carbocycles. The summed E-state index contributed by atoms with van der Waals surface area (Å²) in [7, 11) is 1.76. The van der Waals surface area contributed by atoms with Crippen molar-refractivity contribution in [3.63, 3.8) is 0 Å².